The standard InChI is InChI=1S/C18H19N3O5/c1-24-14-6-4-13(5-7-14)20-17(22)18(23)21-19-11-12-10-15(25-2)8-9-16(12)26-3/h4-11H,1-3H3,(H,20,22)(H,21,23)/b19-11-. The van der Waals surface area contributed by atoms with Crippen LogP contribution in [0.25, 0.3) is 0 Å². The van der Waals surface area contributed by atoms with Gasteiger partial charge in [0.1, 0.15) is 17.2 Å². The summed E-state index contributed by atoms with van der Waals surface area (Å²) >= 11 is 0. The number of amides is 2. The molecule has 8 nitrogen and oxygen atoms in total. The van der Waals surface area contributed by atoms with Gasteiger partial charge in [0, 0.05) is 11.3 Å². The fraction of sp³-hybridized carbons (Fsp3) is 0.167. The van der Waals surface area contributed by atoms with Crippen molar-refractivity contribution in [1.29, 1.82) is 0 Å². The van der Waals surface area contributed by atoms with Gasteiger partial charge in [0.05, 0.1) is 27.5 Å². The van der Waals surface area contributed by atoms with Gasteiger partial charge in [-0.1, -0.05) is 0 Å². The van der Waals surface area contributed by atoms with E-state index in [0.717, 1.165) is 0 Å². The van der Waals surface area contributed by atoms with Crippen LogP contribution < -0.4 is 25.0 Å². The summed E-state index contributed by atoms with van der Waals surface area (Å²) in [6.45, 7) is 0. The van der Waals surface area contributed by atoms with Crippen LogP contribution in [0.4, 0.5) is 5.69 Å². The first-order valence-electron chi connectivity index (χ1n) is 7.58. The number of methoxy groups -OCH3 is 3. The van der Waals surface area contributed by atoms with E-state index in [9.17, 15) is 9.59 Å². The zero-order chi connectivity index (χ0) is 18.9. The molecule has 0 unspecified atom stereocenters. The van der Waals surface area contributed by atoms with Gasteiger partial charge in [-0.2, -0.15) is 5.10 Å². The predicted molar refractivity (Wildman–Crippen MR) is 96.9 cm³/mol. The van der Waals surface area contributed by atoms with Crippen molar-refractivity contribution in [2.45, 2.75) is 0 Å². The largest absolute Gasteiger partial charge is 0.497 e. The summed E-state index contributed by atoms with van der Waals surface area (Å²) in [5, 5.41) is 6.23. The molecule has 0 aliphatic rings. The van der Waals surface area contributed by atoms with Crippen molar-refractivity contribution in [2.75, 3.05) is 26.6 Å². The molecule has 0 saturated carbocycles. The van der Waals surface area contributed by atoms with Gasteiger partial charge in [0.2, 0.25) is 0 Å². The molecule has 0 aliphatic carbocycles. The number of nitrogens with one attached hydrogen (secondary N) is 2. The topological polar surface area (TPSA) is 98.2 Å². The molecule has 2 N–H and O–H groups in total. The van der Waals surface area contributed by atoms with Crippen molar-refractivity contribution in [3.8, 4) is 17.2 Å². The Bertz CT molecular complexity index is 803. The molecule has 2 aromatic carbocycles. The first kappa shape index (κ1) is 18.8. The zero-order valence-corrected chi connectivity index (χ0v) is 14.6. The molecule has 0 atom stereocenters. The SMILES string of the molecule is COc1ccc(NC(=O)C(=O)N/N=C\c2cc(OC)ccc2OC)cc1. The molecule has 2 amide bonds. The van der Waals surface area contributed by atoms with E-state index in [-0.39, 0.29) is 0 Å². The molecule has 136 valence electrons. The summed E-state index contributed by atoms with van der Waals surface area (Å²) in [6.07, 6.45) is 1.36. The summed E-state index contributed by atoms with van der Waals surface area (Å²) in [5.41, 5.74) is 3.21. The Hall–Kier alpha value is -3.55. The van der Waals surface area contributed by atoms with Crippen molar-refractivity contribution in [3.63, 3.8) is 0 Å². The number of rotatable bonds is 6. The summed E-state index contributed by atoms with van der Waals surface area (Å²) < 4.78 is 15.3. The Balaban J connectivity index is 1.96. The Morgan fingerprint density at radius 3 is 2.15 bits per heavy atom. The smallest absolute Gasteiger partial charge is 0.329 e. The van der Waals surface area contributed by atoms with E-state index in [1.807, 2.05) is 0 Å². The Labute approximate surface area is 150 Å². The van der Waals surface area contributed by atoms with E-state index >= 15 is 0 Å². The normalized spacial score (nSPS) is 10.3. The lowest BCUT2D eigenvalue weighted by Gasteiger charge is -2.07. The minimum absolute atomic E-state index is 0.462. The maximum absolute atomic E-state index is 11.9. The highest BCUT2D eigenvalue weighted by molar-refractivity contribution is 6.39. The Kier molecular flexibility index (Phi) is 6.55. The fourth-order valence-corrected chi connectivity index (χ4v) is 2.01. The highest BCUT2D eigenvalue weighted by atomic mass is 16.5. The maximum Gasteiger partial charge on any atom is 0.329 e. The van der Waals surface area contributed by atoms with Crippen LogP contribution in [0, 0.1) is 0 Å². The molecule has 0 spiro atoms. The molecule has 8 heteroatoms. The van der Waals surface area contributed by atoms with Crippen LogP contribution in [-0.4, -0.2) is 39.4 Å². The van der Waals surface area contributed by atoms with Gasteiger partial charge in [0.15, 0.2) is 0 Å². The Morgan fingerprint density at radius 2 is 1.54 bits per heavy atom. The number of ether oxygens (including phenoxy) is 3. The molecule has 2 rings (SSSR count). The third kappa shape index (κ3) is 4.97. The third-order valence-electron chi connectivity index (χ3n) is 3.36. The molecular formula is C18H19N3O5. The van der Waals surface area contributed by atoms with Crippen molar-refractivity contribution >= 4 is 23.7 Å². The average molecular weight is 357 g/mol. The van der Waals surface area contributed by atoms with Crippen LogP contribution in [0.5, 0.6) is 17.2 Å². The van der Waals surface area contributed by atoms with Crippen LogP contribution >= 0.6 is 0 Å². The number of carbonyl (C=O) groups is 2. The molecule has 0 fully saturated rings. The summed E-state index contributed by atoms with van der Waals surface area (Å²) in [4.78, 5) is 23.7. The number of hydrogen-bond donors (Lipinski definition) is 2. The van der Waals surface area contributed by atoms with E-state index in [2.05, 4.69) is 15.8 Å². The minimum Gasteiger partial charge on any atom is -0.497 e. The second kappa shape index (κ2) is 9.07. The lowest BCUT2D eigenvalue weighted by molar-refractivity contribution is -0.136. The lowest BCUT2D eigenvalue weighted by atomic mass is 10.2. The van der Waals surface area contributed by atoms with Gasteiger partial charge in [-0.25, -0.2) is 5.43 Å². The van der Waals surface area contributed by atoms with E-state index in [1.165, 1.54) is 27.5 Å². The highest BCUT2D eigenvalue weighted by Crippen LogP contribution is 2.22. The number of hydrogen-bond acceptors (Lipinski definition) is 6. The molecule has 0 aromatic heterocycles. The number of nitrogens with zero attached hydrogens (tertiary/aromatic N) is 1. The van der Waals surface area contributed by atoms with Crippen molar-refractivity contribution in [1.82, 2.24) is 5.43 Å². The zero-order valence-electron chi connectivity index (χ0n) is 14.6. The van der Waals surface area contributed by atoms with Crippen LogP contribution in [-0.2, 0) is 9.59 Å². The molecule has 2 aromatic rings. The second-order valence-electron chi connectivity index (χ2n) is 4.99. The first-order valence-corrected chi connectivity index (χ1v) is 7.58. The summed E-state index contributed by atoms with van der Waals surface area (Å²) in [5.74, 6) is 0.0513. The molecule has 0 saturated heterocycles. The van der Waals surface area contributed by atoms with Crippen LogP contribution in [0.1, 0.15) is 5.56 Å². The molecule has 0 heterocycles. The van der Waals surface area contributed by atoms with Gasteiger partial charge in [-0.05, 0) is 42.5 Å². The molecule has 0 aliphatic heterocycles. The number of anilines is 1. The maximum atomic E-state index is 11.9. The van der Waals surface area contributed by atoms with Gasteiger partial charge in [0.25, 0.3) is 0 Å². The third-order valence-corrected chi connectivity index (χ3v) is 3.36. The van der Waals surface area contributed by atoms with Crippen molar-refractivity contribution < 1.29 is 23.8 Å². The van der Waals surface area contributed by atoms with Gasteiger partial charge < -0.3 is 19.5 Å². The van der Waals surface area contributed by atoms with Crippen LogP contribution in [0.3, 0.4) is 0 Å². The minimum atomic E-state index is -0.904. The fourth-order valence-electron chi connectivity index (χ4n) is 2.01. The predicted octanol–water partition coefficient (Wildman–Crippen LogP) is 1.80. The monoisotopic (exact) mass is 357 g/mol. The van der Waals surface area contributed by atoms with Crippen molar-refractivity contribution in [3.05, 3.63) is 48.0 Å². The van der Waals surface area contributed by atoms with Gasteiger partial charge in [-0.15, -0.1) is 0 Å². The summed E-state index contributed by atoms with van der Waals surface area (Å²) in [7, 11) is 4.59. The first-order chi connectivity index (χ1) is 12.6. The molecular weight excluding hydrogens is 338 g/mol. The average Bonchev–Trinajstić information content (AvgIpc) is 2.68. The Morgan fingerprint density at radius 1 is 0.885 bits per heavy atom. The number of hydrazone groups is 1. The van der Waals surface area contributed by atoms with Crippen molar-refractivity contribution in [2.24, 2.45) is 5.10 Å². The lowest BCUT2D eigenvalue weighted by Crippen LogP contribution is -2.32. The van der Waals surface area contributed by atoms with Crippen LogP contribution in [0.15, 0.2) is 47.6 Å². The van der Waals surface area contributed by atoms with Gasteiger partial charge >= 0.3 is 11.8 Å². The summed E-state index contributed by atoms with van der Waals surface area (Å²) in [6, 6.07) is 11.7. The van der Waals surface area contributed by atoms with E-state index in [0.29, 0.717) is 28.5 Å². The van der Waals surface area contributed by atoms with E-state index < -0.39 is 11.8 Å². The van der Waals surface area contributed by atoms with E-state index in [4.69, 9.17) is 14.2 Å². The number of benzene rings is 2. The number of carbonyl (C=O) groups excluding carboxylic acids is 2. The second-order valence-corrected chi connectivity index (χ2v) is 4.99. The highest BCUT2D eigenvalue weighted by Gasteiger charge is 2.13. The molecule has 0 radical (unpaired) electrons. The molecule has 26 heavy (non-hydrogen) atoms. The molecule has 0 bridgehead atoms. The van der Waals surface area contributed by atoms with Gasteiger partial charge in [-0.3, -0.25) is 9.59 Å². The van der Waals surface area contributed by atoms with E-state index in [1.54, 1.807) is 42.5 Å². The quantitative estimate of drug-likeness (QED) is 0.467. The van der Waals surface area contributed by atoms with Crippen LogP contribution in [0.2, 0.25) is 0 Å².